The summed E-state index contributed by atoms with van der Waals surface area (Å²) in [5.41, 5.74) is 0.435. The van der Waals surface area contributed by atoms with E-state index in [1.807, 2.05) is 32.0 Å². The van der Waals surface area contributed by atoms with Gasteiger partial charge in [0, 0.05) is 5.92 Å². The molecular weight excluding hydrogens is 302 g/mol. The number of nitrogens with zero attached hydrogens (tertiary/aromatic N) is 3. The topological polar surface area (TPSA) is 48.9 Å². The Balaban J connectivity index is 1.96. The Kier molecular flexibility index (Phi) is 3.27. The molecule has 5 heteroatoms. The van der Waals surface area contributed by atoms with Crippen LogP contribution in [0.25, 0.3) is 11.4 Å². The summed E-state index contributed by atoms with van der Waals surface area (Å²) in [4.78, 5) is 26.0. The van der Waals surface area contributed by atoms with Gasteiger partial charge in [-0.15, -0.1) is 0 Å². The van der Waals surface area contributed by atoms with Crippen LogP contribution < -0.4 is 11.4 Å². The zero-order valence-corrected chi connectivity index (χ0v) is 14.0. The molecule has 24 heavy (non-hydrogen) atoms. The van der Waals surface area contributed by atoms with Crippen molar-refractivity contribution in [2.75, 3.05) is 0 Å². The Morgan fingerprint density at radius 1 is 1.08 bits per heavy atom. The molecule has 2 heterocycles. The normalized spacial score (nSPS) is 21.6. The minimum absolute atomic E-state index is 0.190. The van der Waals surface area contributed by atoms with Gasteiger partial charge in [-0.25, -0.2) is 23.5 Å². The first-order chi connectivity index (χ1) is 11.5. The number of hydrogen-bond acceptors (Lipinski definition) is 2. The van der Waals surface area contributed by atoms with Crippen LogP contribution in [-0.2, 0) is 5.54 Å². The summed E-state index contributed by atoms with van der Waals surface area (Å²) in [5.74, 6) is 0.190. The number of allylic oxidation sites excluding steroid dienone is 4. The minimum Gasteiger partial charge on any atom is -0.245 e. The van der Waals surface area contributed by atoms with Gasteiger partial charge in [-0.2, -0.15) is 0 Å². The average Bonchev–Trinajstić information content (AvgIpc) is 3.02. The number of aromatic nitrogens is 3. The van der Waals surface area contributed by atoms with Crippen LogP contribution in [0, 0.1) is 5.92 Å². The summed E-state index contributed by atoms with van der Waals surface area (Å²) in [6.07, 6.45) is 9.60. The fourth-order valence-electron chi connectivity index (χ4n) is 3.78. The third-order valence-corrected chi connectivity index (χ3v) is 4.89. The van der Waals surface area contributed by atoms with Gasteiger partial charge in [-0.3, -0.25) is 0 Å². The van der Waals surface area contributed by atoms with Crippen molar-refractivity contribution in [1.29, 1.82) is 0 Å². The number of fused-ring (bicyclic) bond motifs is 1. The fraction of sp³-hybridized carbons (Fsp3) is 0.368. The standard InChI is InChI=1S/C19H21N3O2/c1-19(2)13-16(14-9-5-3-6-10-14)21-17(23)20(18(24)22(19)21)15-11-7-4-8-12-15/h4-5,7-9,11-14H,3,6,10H2,1-2H3. The summed E-state index contributed by atoms with van der Waals surface area (Å²) >= 11 is 0. The molecule has 1 unspecified atom stereocenters. The summed E-state index contributed by atoms with van der Waals surface area (Å²) < 4.78 is 4.43. The molecule has 0 amide bonds. The van der Waals surface area contributed by atoms with Gasteiger partial charge in [-0.05, 0) is 51.3 Å². The highest BCUT2D eigenvalue weighted by Gasteiger charge is 2.37. The average molecular weight is 323 g/mol. The second kappa shape index (κ2) is 5.23. The predicted octanol–water partition coefficient (Wildman–Crippen LogP) is 2.75. The largest absolute Gasteiger partial charge is 0.356 e. The molecular formula is C19H21N3O2. The van der Waals surface area contributed by atoms with Crippen LogP contribution in [-0.4, -0.2) is 13.9 Å². The maximum absolute atomic E-state index is 13.1. The van der Waals surface area contributed by atoms with Crippen molar-refractivity contribution in [3.8, 4) is 5.69 Å². The van der Waals surface area contributed by atoms with Crippen LogP contribution in [0.3, 0.4) is 0 Å². The molecule has 1 aromatic heterocycles. The molecule has 124 valence electrons. The molecule has 0 saturated carbocycles. The van der Waals surface area contributed by atoms with E-state index in [0.717, 1.165) is 25.0 Å². The maximum Gasteiger partial charge on any atom is 0.356 e. The number of benzene rings is 1. The number of para-hydroxylation sites is 1. The SMILES string of the molecule is CC1(C)C=C(C2C=CCCC2)n2c(=O)n(-c3ccccc3)c(=O)n21. The quantitative estimate of drug-likeness (QED) is 0.798. The van der Waals surface area contributed by atoms with Crippen LogP contribution in [0.15, 0.2) is 58.1 Å². The number of rotatable bonds is 2. The van der Waals surface area contributed by atoms with E-state index in [2.05, 4.69) is 18.2 Å². The van der Waals surface area contributed by atoms with Gasteiger partial charge < -0.3 is 0 Å². The van der Waals surface area contributed by atoms with E-state index < -0.39 is 5.54 Å². The van der Waals surface area contributed by atoms with Crippen LogP contribution in [0.1, 0.15) is 33.1 Å². The molecule has 5 nitrogen and oxygen atoms in total. The highest BCUT2D eigenvalue weighted by atomic mass is 16.2. The van der Waals surface area contributed by atoms with Crippen LogP contribution in [0.2, 0.25) is 0 Å². The molecule has 0 N–H and O–H groups in total. The van der Waals surface area contributed by atoms with Crippen molar-refractivity contribution in [2.45, 2.75) is 38.6 Å². The summed E-state index contributed by atoms with van der Waals surface area (Å²) in [7, 11) is 0. The van der Waals surface area contributed by atoms with Gasteiger partial charge in [-0.1, -0.05) is 30.4 Å². The first kappa shape index (κ1) is 15.0. The number of hydrogen-bond donors (Lipinski definition) is 0. The van der Waals surface area contributed by atoms with E-state index in [-0.39, 0.29) is 17.3 Å². The fourth-order valence-corrected chi connectivity index (χ4v) is 3.78. The molecule has 0 fully saturated rings. The lowest BCUT2D eigenvalue weighted by Gasteiger charge is -2.18. The van der Waals surface area contributed by atoms with Crippen LogP contribution in [0.4, 0.5) is 0 Å². The second-order valence-electron chi connectivity index (χ2n) is 7.05. The van der Waals surface area contributed by atoms with Crippen molar-refractivity contribution in [3.63, 3.8) is 0 Å². The third-order valence-electron chi connectivity index (χ3n) is 4.89. The predicted molar refractivity (Wildman–Crippen MR) is 94.4 cm³/mol. The highest BCUT2D eigenvalue weighted by Crippen LogP contribution is 2.34. The van der Waals surface area contributed by atoms with E-state index in [1.54, 1.807) is 21.5 Å². The second-order valence-corrected chi connectivity index (χ2v) is 7.05. The minimum atomic E-state index is -0.517. The zero-order chi connectivity index (χ0) is 16.9. The molecule has 1 atom stereocenters. The van der Waals surface area contributed by atoms with Crippen molar-refractivity contribution >= 4 is 5.70 Å². The van der Waals surface area contributed by atoms with Crippen molar-refractivity contribution in [3.05, 3.63) is 69.5 Å². The Labute approximate surface area is 140 Å². The Morgan fingerprint density at radius 3 is 2.50 bits per heavy atom. The van der Waals surface area contributed by atoms with Crippen LogP contribution in [0.5, 0.6) is 0 Å². The third kappa shape index (κ3) is 2.08. The van der Waals surface area contributed by atoms with E-state index >= 15 is 0 Å². The summed E-state index contributed by atoms with van der Waals surface area (Å²) in [6.45, 7) is 3.94. The van der Waals surface area contributed by atoms with Gasteiger partial charge in [0.1, 0.15) is 0 Å². The zero-order valence-electron chi connectivity index (χ0n) is 14.0. The molecule has 0 spiro atoms. The first-order valence-corrected chi connectivity index (χ1v) is 8.43. The van der Waals surface area contributed by atoms with E-state index in [1.165, 1.54) is 4.57 Å². The Bertz CT molecular complexity index is 955. The van der Waals surface area contributed by atoms with Gasteiger partial charge >= 0.3 is 11.4 Å². The molecule has 1 aliphatic heterocycles. The lowest BCUT2D eigenvalue weighted by molar-refractivity contribution is 0.387. The Hall–Kier alpha value is -2.56. The lowest BCUT2D eigenvalue weighted by atomic mass is 9.91. The molecule has 2 aromatic rings. The highest BCUT2D eigenvalue weighted by molar-refractivity contribution is 5.55. The summed E-state index contributed by atoms with van der Waals surface area (Å²) in [5, 5.41) is 0. The molecule has 0 saturated heterocycles. The van der Waals surface area contributed by atoms with Crippen molar-refractivity contribution in [2.24, 2.45) is 5.92 Å². The molecule has 1 aromatic carbocycles. The van der Waals surface area contributed by atoms with E-state index in [4.69, 9.17) is 0 Å². The first-order valence-electron chi connectivity index (χ1n) is 8.43. The summed E-state index contributed by atoms with van der Waals surface area (Å²) in [6, 6.07) is 9.12. The van der Waals surface area contributed by atoms with Gasteiger partial charge in [0.2, 0.25) is 0 Å². The smallest absolute Gasteiger partial charge is 0.245 e. The maximum atomic E-state index is 13.1. The van der Waals surface area contributed by atoms with E-state index in [9.17, 15) is 9.59 Å². The van der Waals surface area contributed by atoms with Crippen LogP contribution >= 0.6 is 0 Å². The monoisotopic (exact) mass is 323 g/mol. The molecule has 2 aliphatic rings. The van der Waals surface area contributed by atoms with Gasteiger partial charge in [0.15, 0.2) is 0 Å². The Morgan fingerprint density at radius 2 is 1.83 bits per heavy atom. The molecule has 0 bridgehead atoms. The lowest BCUT2D eigenvalue weighted by Crippen LogP contribution is -2.35. The van der Waals surface area contributed by atoms with E-state index in [0.29, 0.717) is 5.69 Å². The van der Waals surface area contributed by atoms with Gasteiger partial charge in [0.25, 0.3) is 0 Å². The molecule has 0 radical (unpaired) electrons. The molecule has 1 aliphatic carbocycles. The van der Waals surface area contributed by atoms with Gasteiger partial charge in [0.05, 0.1) is 16.9 Å². The van der Waals surface area contributed by atoms with Crippen molar-refractivity contribution < 1.29 is 0 Å². The molecule has 4 rings (SSSR count). The van der Waals surface area contributed by atoms with Crippen molar-refractivity contribution in [1.82, 2.24) is 13.9 Å².